The van der Waals surface area contributed by atoms with Crippen LogP contribution in [0.1, 0.15) is 6.42 Å². The highest BCUT2D eigenvalue weighted by atomic mass is 35.5. The summed E-state index contributed by atoms with van der Waals surface area (Å²) in [6.45, 7) is 0.598. The van der Waals surface area contributed by atoms with E-state index in [-0.39, 0.29) is 10.9 Å². The van der Waals surface area contributed by atoms with Crippen molar-refractivity contribution in [1.29, 1.82) is 0 Å². The first-order valence-electron chi connectivity index (χ1n) is 4.53. The van der Waals surface area contributed by atoms with E-state index in [1.165, 1.54) is 18.2 Å². The molecule has 0 saturated carbocycles. The lowest BCUT2D eigenvalue weighted by Gasteiger charge is -2.05. The molecule has 0 radical (unpaired) electrons. The van der Waals surface area contributed by atoms with Crippen molar-refractivity contribution in [2.75, 3.05) is 18.9 Å². The van der Waals surface area contributed by atoms with Crippen molar-refractivity contribution >= 4 is 23.2 Å². The van der Waals surface area contributed by atoms with Gasteiger partial charge in [0.25, 0.3) is 0 Å². The van der Waals surface area contributed by atoms with Crippen molar-refractivity contribution in [1.82, 2.24) is 5.32 Å². The summed E-state index contributed by atoms with van der Waals surface area (Å²) in [7, 11) is 1.77. The Morgan fingerprint density at radius 3 is 2.87 bits per heavy atom. The van der Waals surface area contributed by atoms with Gasteiger partial charge in [-0.2, -0.15) is 0 Å². The lowest BCUT2D eigenvalue weighted by molar-refractivity contribution is -0.116. The molecular weight excluding hydrogens is 219 g/mol. The Morgan fingerprint density at radius 2 is 2.27 bits per heavy atom. The highest BCUT2D eigenvalue weighted by molar-refractivity contribution is 6.31. The Hall–Kier alpha value is -1.13. The van der Waals surface area contributed by atoms with E-state index in [0.29, 0.717) is 18.7 Å². The van der Waals surface area contributed by atoms with Gasteiger partial charge in [0.05, 0.1) is 5.02 Å². The summed E-state index contributed by atoms with van der Waals surface area (Å²) in [4.78, 5) is 11.3. The number of nitrogens with one attached hydrogen (secondary N) is 2. The quantitative estimate of drug-likeness (QED) is 0.831. The number of carbonyl (C=O) groups is 1. The Bertz CT molecular complexity index is 357. The molecule has 1 amide bonds. The van der Waals surface area contributed by atoms with E-state index in [4.69, 9.17) is 11.6 Å². The van der Waals surface area contributed by atoms with Gasteiger partial charge in [0, 0.05) is 18.7 Å². The third-order valence-electron chi connectivity index (χ3n) is 1.81. The monoisotopic (exact) mass is 230 g/mol. The van der Waals surface area contributed by atoms with Gasteiger partial charge in [0.2, 0.25) is 5.91 Å². The minimum atomic E-state index is -0.495. The van der Waals surface area contributed by atoms with Crippen LogP contribution in [0.3, 0.4) is 0 Å². The molecule has 82 valence electrons. The fourth-order valence-electron chi connectivity index (χ4n) is 1.04. The lowest BCUT2D eigenvalue weighted by Crippen LogP contribution is -2.18. The normalized spacial score (nSPS) is 10.1. The van der Waals surface area contributed by atoms with Crippen molar-refractivity contribution in [2.24, 2.45) is 0 Å². The van der Waals surface area contributed by atoms with Crippen LogP contribution >= 0.6 is 11.6 Å². The molecule has 0 aliphatic carbocycles. The Kier molecular flexibility index (Phi) is 4.52. The molecule has 0 aromatic heterocycles. The van der Waals surface area contributed by atoms with E-state index in [1.54, 1.807) is 7.05 Å². The molecule has 5 heteroatoms. The van der Waals surface area contributed by atoms with Crippen molar-refractivity contribution in [3.05, 3.63) is 29.0 Å². The Morgan fingerprint density at radius 1 is 1.53 bits per heavy atom. The molecule has 1 aromatic carbocycles. The van der Waals surface area contributed by atoms with Crippen LogP contribution < -0.4 is 10.6 Å². The van der Waals surface area contributed by atoms with Crippen molar-refractivity contribution in [3.8, 4) is 0 Å². The maximum absolute atomic E-state index is 12.8. The summed E-state index contributed by atoms with van der Waals surface area (Å²) in [5.74, 6) is -0.628. The molecule has 0 bridgehead atoms. The molecule has 0 unspecified atom stereocenters. The molecular formula is C10H12ClFN2O. The second-order valence-corrected chi connectivity index (χ2v) is 3.44. The predicted molar refractivity (Wildman–Crippen MR) is 58.6 cm³/mol. The second kappa shape index (κ2) is 5.68. The number of carbonyl (C=O) groups excluding carboxylic acids is 1. The van der Waals surface area contributed by atoms with Crippen LogP contribution in [-0.4, -0.2) is 19.5 Å². The fraction of sp³-hybridized carbons (Fsp3) is 0.300. The predicted octanol–water partition coefficient (Wildman–Crippen LogP) is 2.03. The van der Waals surface area contributed by atoms with Gasteiger partial charge in [-0.15, -0.1) is 0 Å². The summed E-state index contributed by atoms with van der Waals surface area (Å²) in [5.41, 5.74) is 0.502. The maximum atomic E-state index is 12.8. The molecule has 0 aliphatic heterocycles. The molecule has 3 nitrogen and oxygen atoms in total. The molecule has 0 aliphatic rings. The van der Waals surface area contributed by atoms with Gasteiger partial charge in [0.1, 0.15) is 5.82 Å². The molecule has 15 heavy (non-hydrogen) atoms. The van der Waals surface area contributed by atoms with E-state index in [0.717, 1.165) is 0 Å². The summed E-state index contributed by atoms with van der Waals surface area (Å²) in [6, 6.07) is 4.07. The number of rotatable bonds is 4. The standard InChI is InChI=1S/C10H12ClFN2O/c1-13-5-4-10(15)14-7-2-3-9(12)8(11)6-7/h2-3,6,13H,4-5H2,1H3,(H,14,15). The van der Waals surface area contributed by atoms with Gasteiger partial charge < -0.3 is 10.6 Å². The number of benzene rings is 1. The van der Waals surface area contributed by atoms with Crippen LogP contribution in [0.5, 0.6) is 0 Å². The van der Waals surface area contributed by atoms with Gasteiger partial charge in [-0.05, 0) is 25.2 Å². The topological polar surface area (TPSA) is 41.1 Å². The number of amides is 1. The third-order valence-corrected chi connectivity index (χ3v) is 2.10. The van der Waals surface area contributed by atoms with Gasteiger partial charge in [-0.3, -0.25) is 4.79 Å². The molecule has 2 N–H and O–H groups in total. The largest absolute Gasteiger partial charge is 0.326 e. The van der Waals surface area contributed by atoms with Crippen LogP contribution in [0.25, 0.3) is 0 Å². The number of hydrogen-bond donors (Lipinski definition) is 2. The van der Waals surface area contributed by atoms with Crippen molar-refractivity contribution < 1.29 is 9.18 Å². The first kappa shape index (κ1) is 11.9. The zero-order valence-corrected chi connectivity index (χ0v) is 9.07. The van der Waals surface area contributed by atoms with Gasteiger partial charge in [-0.1, -0.05) is 11.6 Å². The van der Waals surface area contributed by atoms with Gasteiger partial charge >= 0.3 is 0 Å². The number of anilines is 1. The molecule has 0 spiro atoms. The first-order valence-corrected chi connectivity index (χ1v) is 4.91. The van der Waals surface area contributed by atoms with Crippen molar-refractivity contribution in [2.45, 2.75) is 6.42 Å². The lowest BCUT2D eigenvalue weighted by atomic mass is 10.3. The van der Waals surface area contributed by atoms with Crippen LogP contribution in [0, 0.1) is 5.82 Å². The summed E-state index contributed by atoms with van der Waals surface area (Å²) in [6.07, 6.45) is 0.367. The smallest absolute Gasteiger partial charge is 0.225 e. The number of halogens is 2. The Balaban J connectivity index is 2.57. The molecule has 1 rings (SSSR count). The van der Waals surface area contributed by atoms with E-state index in [1.807, 2.05) is 0 Å². The number of hydrogen-bond acceptors (Lipinski definition) is 2. The zero-order valence-electron chi connectivity index (χ0n) is 8.31. The summed E-state index contributed by atoms with van der Waals surface area (Å²) >= 11 is 5.56. The second-order valence-electron chi connectivity index (χ2n) is 3.03. The van der Waals surface area contributed by atoms with E-state index < -0.39 is 5.82 Å². The van der Waals surface area contributed by atoms with E-state index >= 15 is 0 Å². The highest BCUT2D eigenvalue weighted by Crippen LogP contribution is 2.19. The summed E-state index contributed by atoms with van der Waals surface area (Å²) < 4.78 is 12.8. The van der Waals surface area contributed by atoms with Gasteiger partial charge in [0.15, 0.2) is 0 Å². The maximum Gasteiger partial charge on any atom is 0.225 e. The molecule has 1 aromatic rings. The van der Waals surface area contributed by atoms with Gasteiger partial charge in [-0.25, -0.2) is 4.39 Å². The van der Waals surface area contributed by atoms with Crippen LogP contribution in [0.4, 0.5) is 10.1 Å². The molecule has 0 atom stereocenters. The average Bonchev–Trinajstić information content (AvgIpc) is 2.20. The highest BCUT2D eigenvalue weighted by Gasteiger charge is 2.04. The van der Waals surface area contributed by atoms with Crippen LogP contribution in [0.2, 0.25) is 5.02 Å². The SMILES string of the molecule is CNCCC(=O)Nc1ccc(F)c(Cl)c1. The minimum Gasteiger partial charge on any atom is -0.326 e. The van der Waals surface area contributed by atoms with E-state index in [2.05, 4.69) is 10.6 Å². The fourth-order valence-corrected chi connectivity index (χ4v) is 1.22. The minimum absolute atomic E-state index is 0.00131. The average molecular weight is 231 g/mol. The third kappa shape index (κ3) is 3.85. The zero-order chi connectivity index (χ0) is 11.3. The molecule has 0 heterocycles. The van der Waals surface area contributed by atoms with Crippen molar-refractivity contribution in [3.63, 3.8) is 0 Å². The molecule has 0 saturated heterocycles. The molecule has 0 fully saturated rings. The van der Waals surface area contributed by atoms with E-state index in [9.17, 15) is 9.18 Å². The first-order chi connectivity index (χ1) is 7.13. The van der Waals surface area contributed by atoms with Crippen LogP contribution in [-0.2, 0) is 4.79 Å². The summed E-state index contributed by atoms with van der Waals surface area (Å²) in [5, 5.41) is 5.47. The van der Waals surface area contributed by atoms with Crippen LogP contribution in [0.15, 0.2) is 18.2 Å². The Labute approximate surface area is 92.6 Å².